The van der Waals surface area contributed by atoms with E-state index in [0.717, 1.165) is 5.56 Å². The second kappa shape index (κ2) is 7.11. The van der Waals surface area contributed by atoms with Gasteiger partial charge in [-0.1, -0.05) is 18.2 Å². The van der Waals surface area contributed by atoms with Crippen LogP contribution in [0.25, 0.3) is 0 Å². The molecule has 0 fully saturated rings. The summed E-state index contributed by atoms with van der Waals surface area (Å²) < 4.78 is 10.3. The summed E-state index contributed by atoms with van der Waals surface area (Å²) in [6, 6.07) is 7.08. The molecule has 0 aliphatic rings. The summed E-state index contributed by atoms with van der Waals surface area (Å²) in [5.41, 5.74) is 0.644. The van der Waals surface area contributed by atoms with Gasteiger partial charge in [0.25, 0.3) is 0 Å². The average Bonchev–Trinajstić information content (AvgIpc) is 2.37. The Hall–Kier alpha value is -2.04. The van der Waals surface area contributed by atoms with Gasteiger partial charge < -0.3 is 14.4 Å². The van der Waals surface area contributed by atoms with Crippen molar-refractivity contribution in [1.29, 1.82) is 0 Å². The molecular weight excluding hydrogens is 270 g/mol. The highest BCUT2D eigenvalue weighted by Gasteiger charge is 2.21. The van der Waals surface area contributed by atoms with Crippen LogP contribution >= 0.6 is 0 Å². The first kappa shape index (κ1) is 17.0. The highest BCUT2D eigenvalue weighted by atomic mass is 16.6. The molecule has 0 aliphatic carbocycles. The number of esters is 1. The molecule has 1 amide bonds. The normalized spacial score (nSPS) is 10.9. The van der Waals surface area contributed by atoms with Crippen LogP contribution in [-0.2, 0) is 16.0 Å². The Kier molecular flexibility index (Phi) is 5.76. The average molecular weight is 293 g/mol. The third-order valence-corrected chi connectivity index (χ3v) is 2.63. The van der Waals surface area contributed by atoms with Crippen LogP contribution in [0.15, 0.2) is 24.3 Å². The lowest BCUT2D eigenvalue weighted by molar-refractivity contribution is 0.0281. The van der Waals surface area contributed by atoms with Gasteiger partial charge in [0.05, 0.1) is 12.2 Å². The van der Waals surface area contributed by atoms with Crippen molar-refractivity contribution in [1.82, 2.24) is 4.90 Å². The molecule has 0 unspecified atom stereocenters. The molecule has 0 heterocycles. The summed E-state index contributed by atoms with van der Waals surface area (Å²) >= 11 is 0. The zero-order chi connectivity index (χ0) is 16.0. The van der Waals surface area contributed by atoms with Crippen molar-refractivity contribution in [3.63, 3.8) is 0 Å². The number of hydrogen-bond acceptors (Lipinski definition) is 4. The van der Waals surface area contributed by atoms with Crippen molar-refractivity contribution in [2.24, 2.45) is 0 Å². The highest BCUT2D eigenvalue weighted by molar-refractivity contribution is 5.91. The molecule has 1 aromatic rings. The number of carbonyl (C=O) groups excluding carboxylic acids is 2. The number of rotatable bonds is 4. The maximum absolute atomic E-state index is 12.0. The predicted molar refractivity (Wildman–Crippen MR) is 80.1 cm³/mol. The van der Waals surface area contributed by atoms with Gasteiger partial charge in [-0.3, -0.25) is 0 Å². The van der Waals surface area contributed by atoms with Crippen LogP contribution < -0.4 is 0 Å². The lowest BCUT2D eigenvalue weighted by Crippen LogP contribution is -2.34. The SMILES string of the molecule is CCOC(=O)c1ccccc1CN(C)C(=O)OC(C)(C)C. The molecule has 1 rings (SSSR count). The minimum atomic E-state index is -0.550. The van der Waals surface area contributed by atoms with E-state index >= 15 is 0 Å². The van der Waals surface area contributed by atoms with E-state index in [1.54, 1.807) is 32.2 Å². The molecule has 0 saturated heterocycles. The summed E-state index contributed by atoms with van der Waals surface area (Å²) in [5, 5.41) is 0. The standard InChI is InChI=1S/C16H23NO4/c1-6-20-14(18)13-10-8-7-9-12(13)11-17(5)15(19)21-16(2,3)4/h7-10H,6,11H2,1-5H3. The second-order valence-electron chi connectivity index (χ2n) is 5.71. The molecule has 0 N–H and O–H groups in total. The first-order chi connectivity index (χ1) is 9.74. The van der Waals surface area contributed by atoms with E-state index in [9.17, 15) is 9.59 Å². The third kappa shape index (κ3) is 5.45. The Morgan fingerprint density at radius 2 is 1.81 bits per heavy atom. The molecule has 0 spiro atoms. The lowest BCUT2D eigenvalue weighted by atomic mass is 10.1. The third-order valence-electron chi connectivity index (χ3n) is 2.63. The summed E-state index contributed by atoms with van der Waals surface area (Å²) in [4.78, 5) is 25.3. The first-order valence-corrected chi connectivity index (χ1v) is 6.93. The van der Waals surface area contributed by atoms with Crippen LogP contribution in [0.4, 0.5) is 4.79 Å². The molecule has 5 nitrogen and oxygen atoms in total. The number of carbonyl (C=O) groups is 2. The van der Waals surface area contributed by atoms with Crippen LogP contribution in [0.1, 0.15) is 43.6 Å². The van der Waals surface area contributed by atoms with E-state index in [1.165, 1.54) is 4.90 Å². The number of ether oxygens (including phenoxy) is 2. The number of nitrogens with zero attached hydrogens (tertiary/aromatic N) is 1. The Bertz CT molecular complexity index is 505. The quantitative estimate of drug-likeness (QED) is 0.800. The van der Waals surface area contributed by atoms with E-state index < -0.39 is 11.7 Å². The molecule has 21 heavy (non-hydrogen) atoms. The van der Waals surface area contributed by atoms with Crippen LogP contribution in [0.3, 0.4) is 0 Å². The fourth-order valence-electron chi connectivity index (χ4n) is 1.73. The monoisotopic (exact) mass is 293 g/mol. The molecule has 0 bridgehead atoms. The van der Waals surface area contributed by atoms with Gasteiger partial charge in [0.1, 0.15) is 5.60 Å². The number of hydrogen-bond donors (Lipinski definition) is 0. The smallest absolute Gasteiger partial charge is 0.410 e. The van der Waals surface area contributed by atoms with Gasteiger partial charge in [0.15, 0.2) is 0 Å². The van der Waals surface area contributed by atoms with Gasteiger partial charge in [-0.25, -0.2) is 9.59 Å². The van der Waals surface area contributed by atoms with E-state index in [4.69, 9.17) is 9.47 Å². The zero-order valence-electron chi connectivity index (χ0n) is 13.3. The molecular formula is C16H23NO4. The fourth-order valence-corrected chi connectivity index (χ4v) is 1.73. The molecule has 0 atom stereocenters. The van der Waals surface area contributed by atoms with E-state index in [-0.39, 0.29) is 12.5 Å². The molecule has 0 saturated carbocycles. The maximum Gasteiger partial charge on any atom is 0.410 e. The lowest BCUT2D eigenvalue weighted by Gasteiger charge is -2.25. The highest BCUT2D eigenvalue weighted by Crippen LogP contribution is 2.15. The number of benzene rings is 1. The van der Waals surface area contributed by atoms with E-state index in [1.807, 2.05) is 26.8 Å². The van der Waals surface area contributed by atoms with Gasteiger partial charge in [-0.05, 0) is 39.3 Å². The Morgan fingerprint density at radius 3 is 2.38 bits per heavy atom. The van der Waals surface area contributed by atoms with Crippen molar-refractivity contribution < 1.29 is 19.1 Å². The van der Waals surface area contributed by atoms with Gasteiger partial charge in [0.2, 0.25) is 0 Å². The van der Waals surface area contributed by atoms with Gasteiger partial charge in [0, 0.05) is 13.6 Å². The Morgan fingerprint density at radius 1 is 1.19 bits per heavy atom. The molecule has 5 heteroatoms. The minimum Gasteiger partial charge on any atom is -0.462 e. The van der Waals surface area contributed by atoms with Gasteiger partial charge >= 0.3 is 12.1 Å². The first-order valence-electron chi connectivity index (χ1n) is 6.93. The van der Waals surface area contributed by atoms with Crippen LogP contribution in [-0.4, -0.2) is 36.2 Å². The van der Waals surface area contributed by atoms with Crippen molar-refractivity contribution in [3.05, 3.63) is 35.4 Å². The molecule has 0 aliphatic heterocycles. The van der Waals surface area contributed by atoms with Crippen molar-refractivity contribution in [2.75, 3.05) is 13.7 Å². The largest absolute Gasteiger partial charge is 0.462 e. The Balaban J connectivity index is 2.83. The van der Waals surface area contributed by atoms with Gasteiger partial charge in [-0.2, -0.15) is 0 Å². The Labute approximate surface area is 125 Å². The van der Waals surface area contributed by atoms with E-state index in [0.29, 0.717) is 12.2 Å². The zero-order valence-corrected chi connectivity index (χ0v) is 13.3. The fraction of sp³-hybridized carbons (Fsp3) is 0.500. The number of amides is 1. The summed E-state index contributed by atoms with van der Waals surface area (Å²) in [5.74, 6) is -0.384. The van der Waals surface area contributed by atoms with Crippen molar-refractivity contribution in [2.45, 2.75) is 39.8 Å². The van der Waals surface area contributed by atoms with Crippen molar-refractivity contribution in [3.8, 4) is 0 Å². The van der Waals surface area contributed by atoms with Crippen molar-refractivity contribution >= 4 is 12.1 Å². The maximum atomic E-state index is 12.0. The topological polar surface area (TPSA) is 55.8 Å². The van der Waals surface area contributed by atoms with Gasteiger partial charge in [-0.15, -0.1) is 0 Å². The van der Waals surface area contributed by atoms with E-state index in [2.05, 4.69) is 0 Å². The van der Waals surface area contributed by atoms with Crippen LogP contribution in [0.5, 0.6) is 0 Å². The molecule has 116 valence electrons. The molecule has 0 radical (unpaired) electrons. The summed E-state index contributed by atoms with van der Waals surface area (Å²) in [6.07, 6.45) is -0.429. The minimum absolute atomic E-state index is 0.282. The predicted octanol–water partition coefficient (Wildman–Crippen LogP) is 3.23. The molecule has 0 aromatic heterocycles. The summed E-state index contributed by atoms with van der Waals surface area (Å²) in [6.45, 7) is 7.79. The van der Waals surface area contributed by atoms with Crippen LogP contribution in [0.2, 0.25) is 0 Å². The second-order valence-corrected chi connectivity index (χ2v) is 5.71. The summed E-state index contributed by atoms with van der Waals surface area (Å²) in [7, 11) is 1.63. The van der Waals surface area contributed by atoms with Crippen LogP contribution in [0, 0.1) is 0 Å². The molecule has 1 aromatic carbocycles.